The lowest BCUT2D eigenvalue weighted by Crippen LogP contribution is -2.29. The number of ether oxygens (including phenoxy) is 1. The molecule has 3 aromatic rings. The molecule has 152 valence electrons. The predicted octanol–water partition coefficient (Wildman–Crippen LogP) is 3.32. The molecule has 0 aliphatic carbocycles. The zero-order valence-electron chi connectivity index (χ0n) is 16.2. The van der Waals surface area contributed by atoms with Crippen molar-refractivity contribution < 1.29 is 29.1 Å². The van der Waals surface area contributed by atoms with E-state index in [0.29, 0.717) is 22.6 Å². The number of hydrogen-bond acceptors (Lipinski definition) is 7. The molecule has 0 spiro atoms. The standard InChI is InChI=1S/C22H18N2O6/c1-12-10-17(23-30-12)24-19(14-4-3-5-15(25)11-14)18(21(27)22(24)28)20(26)13-6-8-16(29-2)9-7-13/h3-11,19,25-26H,1-2H3/b20-18+. The highest BCUT2D eigenvalue weighted by atomic mass is 16.5. The maximum Gasteiger partial charge on any atom is 0.301 e. The molecular formula is C22H18N2O6. The predicted molar refractivity (Wildman–Crippen MR) is 107 cm³/mol. The molecule has 2 heterocycles. The summed E-state index contributed by atoms with van der Waals surface area (Å²) in [4.78, 5) is 27.0. The molecule has 8 heteroatoms. The first-order valence-corrected chi connectivity index (χ1v) is 9.08. The van der Waals surface area contributed by atoms with Crippen LogP contribution in [0.3, 0.4) is 0 Å². The van der Waals surface area contributed by atoms with Gasteiger partial charge in [0.05, 0.1) is 18.7 Å². The molecule has 0 radical (unpaired) electrons. The van der Waals surface area contributed by atoms with Crippen LogP contribution in [0.25, 0.3) is 5.76 Å². The molecule has 1 aliphatic heterocycles. The van der Waals surface area contributed by atoms with E-state index in [2.05, 4.69) is 5.16 Å². The van der Waals surface area contributed by atoms with Crippen LogP contribution in [0.5, 0.6) is 11.5 Å². The molecule has 1 saturated heterocycles. The Morgan fingerprint density at radius 2 is 1.87 bits per heavy atom. The van der Waals surface area contributed by atoms with Crippen LogP contribution in [0, 0.1) is 6.92 Å². The van der Waals surface area contributed by atoms with Crippen molar-refractivity contribution in [2.45, 2.75) is 13.0 Å². The molecule has 1 atom stereocenters. The molecular weight excluding hydrogens is 388 g/mol. The van der Waals surface area contributed by atoms with Gasteiger partial charge in [-0.3, -0.25) is 14.5 Å². The van der Waals surface area contributed by atoms with Crippen molar-refractivity contribution in [3.8, 4) is 11.5 Å². The van der Waals surface area contributed by atoms with Gasteiger partial charge in [0.25, 0.3) is 5.78 Å². The van der Waals surface area contributed by atoms with E-state index < -0.39 is 17.7 Å². The maximum absolute atomic E-state index is 12.9. The van der Waals surface area contributed by atoms with E-state index in [1.54, 1.807) is 43.3 Å². The van der Waals surface area contributed by atoms with E-state index in [0.717, 1.165) is 4.90 Å². The van der Waals surface area contributed by atoms with Crippen molar-refractivity contribution in [2.24, 2.45) is 0 Å². The number of rotatable bonds is 4. The summed E-state index contributed by atoms with van der Waals surface area (Å²) in [6.45, 7) is 1.66. The van der Waals surface area contributed by atoms with E-state index in [4.69, 9.17) is 9.26 Å². The molecule has 8 nitrogen and oxygen atoms in total. The van der Waals surface area contributed by atoms with Gasteiger partial charge >= 0.3 is 5.91 Å². The Hall–Kier alpha value is -4.07. The topological polar surface area (TPSA) is 113 Å². The van der Waals surface area contributed by atoms with Gasteiger partial charge in [-0.15, -0.1) is 0 Å². The fourth-order valence-electron chi connectivity index (χ4n) is 3.45. The van der Waals surface area contributed by atoms with Crippen LogP contribution >= 0.6 is 0 Å². The second-order valence-electron chi connectivity index (χ2n) is 6.79. The number of carbonyl (C=O) groups is 2. The van der Waals surface area contributed by atoms with Crippen molar-refractivity contribution in [3.05, 3.63) is 77.1 Å². The Balaban J connectivity index is 1.92. The lowest BCUT2D eigenvalue weighted by molar-refractivity contribution is -0.132. The van der Waals surface area contributed by atoms with E-state index in [1.807, 2.05) is 0 Å². The van der Waals surface area contributed by atoms with E-state index in [-0.39, 0.29) is 22.9 Å². The van der Waals surface area contributed by atoms with E-state index in [9.17, 15) is 19.8 Å². The zero-order valence-corrected chi connectivity index (χ0v) is 16.2. The Kier molecular flexibility index (Phi) is 4.75. The Morgan fingerprint density at radius 3 is 2.47 bits per heavy atom. The number of aromatic nitrogens is 1. The second kappa shape index (κ2) is 7.40. The van der Waals surface area contributed by atoms with Gasteiger partial charge < -0.3 is 19.5 Å². The van der Waals surface area contributed by atoms with Gasteiger partial charge in [0.2, 0.25) is 0 Å². The molecule has 1 unspecified atom stereocenters. The van der Waals surface area contributed by atoms with Gasteiger partial charge in [0.1, 0.15) is 23.0 Å². The first kappa shape index (κ1) is 19.3. The summed E-state index contributed by atoms with van der Waals surface area (Å²) in [6.07, 6.45) is 0. The first-order chi connectivity index (χ1) is 14.4. The van der Waals surface area contributed by atoms with Crippen molar-refractivity contribution in [2.75, 3.05) is 12.0 Å². The molecule has 0 saturated carbocycles. The van der Waals surface area contributed by atoms with Gasteiger partial charge in [-0.1, -0.05) is 17.3 Å². The normalized spacial score (nSPS) is 18.1. The lowest BCUT2D eigenvalue weighted by atomic mass is 9.95. The summed E-state index contributed by atoms with van der Waals surface area (Å²) in [7, 11) is 1.52. The number of methoxy groups -OCH3 is 1. The number of aromatic hydroxyl groups is 1. The Labute approximate surface area is 171 Å². The molecule has 1 aromatic heterocycles. The van der Waals surface area contributed by atoms with Crippen molar-refractivity contribution in [3.63, 3.8) is 0 Å². The van der Waals surface area contributed by atoms with Crippen molar-refractivity contribution in [1.82, 2.24) is 5.16 Å². The van der Waals surface area contributed by atoms with Crippen LogP contribution in [0.4, 0.5) is 5.82 Å². The lowest BCUT2D eigenvalue weighted by Gasteiger charge is -2.23. The van der Waals surface area contributed by atoms with Gasteiger partial charge in [0, 0.05) is 11.6 Å². The second-order valence-corrected chi connectivity index (χ2v) is 6.79. The van der Waals surface area contributed by atoms with Gasteiger partial charge in [-0.2, -0.15) is 0 Å². The van der Waals surface area contributed by atoms with Crippen molar-refractivity contribution in [1.29, 1.82) is 0 Å². The largest absolute Gasteiger partial charge is 0.508 e. The zero-order chi connectivity index (χ0) is 21.4. The smallest absolute Gasteiger partial charge is 0.301 e. The fourth-order valence-corrected chi connectivity index (χ4v) is 3.45. The quantitative estimate of drug-likeness (QED) is 0.388. The Bertz CT molecular complexity index is 1160. The molecule has 1 fully saturated rings. The number of phenolic OH excluding ortho intramolecular Hbond substituents is 1. The fraction of sp³-hybridized carbons (Fsp3) is 0.136. The summed E-state index contributed by atoms with van der Waals surface area (Å²) in [5.41, 5.74) is 0.664. The average molecular weight is 406 g/mol. The third-order valence-electron chi connectivity index (χ3n) is 4.86. The molecule has 2 aromatic carbocycles. The third kappa shape index (κ3) is 3.18. The monoisotopic (exact) mass is 406 g/mol. The number of Topliss-reactive ketones (excluding diaryl/α,β-unsaturated/α-hetero) is 1. The summed E-state index contributed by atoms with van der Waals surface area (Å²) in [5.74, 6) is -0.932. The minimum Gasteiger partial charge on any atom is -0.508 e. The number of ketones is 1. The molecule has 4 rings (SSSR count). The number of anilines is 1. The number of aliphatic hydroxyl groups is 1. The van der Waals surface area contributed by atoms with Crippen LogP contribution in [0.2, 0.25) is 0 Å². The summed E-state index contributed by atoms with van der Waals surface area (Å²) in [6, 6.07) is 13.1. The SMILES string of the molecule is COc1ccc(/C(O)=C2\C(=O)C(=O)N(c3cc(C)on3)C2c2cccc(O)c2)cc1. The van der Waals surface area contributed by atoms with Gasteiger partial charge in [-0.05, 0) is 48.9 Å². The minimum atomic E-state index is -0.997. The van der Waals surface area contributed by atoms with Crippen LogP contribution in [-0.4, -0.2) is 34.2 Å². The first-order valence-electron chi connectivity index (χ1n) is 9.08. The van der Waals surface area contributed by atoms with Crippen molar-refractivity contribution >= 4 is 23.3 Å². The van der Waals surface area contributed by atoms with Crippen LogP contribution in [-0.2, 0) is 9.59 Å². The summed E-state index contributed by atoms with van der Waals surface area (Å²) in [5, 5.41) is 24.8. The minimum absolute atomic E-state index is 0.0427. The molecule has 0 bridgehead atoms. The maximum atomic E-state index is 12.9. The van der Waals surface area contributed by atoms with Crippen LogP contribution < -0.4 is 9.64 Å². The van der Waals surface area contributed by atoms with E-state index >= 15 is 0 Å². The number of benzene rings is 2. The molecule has 2 N–H and O–H groups in total. The highest BCUT2D eigenvalue weighted by Crippen LogP contribution is 2.42. The third-order valence-corrected chi connectivity index (χ3v) is 4.86. The summed E-state index contributed by atoms with van der Waals surface area (Å²) < 4.78 is 10.2. The number of aliphatic hydroxyl groups excluding tert-OH is 1. The number of hydrogen-bond donors (Lipinski definition) is 2. The molecule has 1 amide bonds. The number of aryl methyl sites for hydroxylation is 1. The van der Waals surface area contributed by atoms with E-state index in [1.165, 1.54) is 25.3 Å². The average Bonchev–Trinajstić information content (AvgIpc) is 3.28. The highest BCUT2D eigenvalue weighted by molar-refractivity contribution is 6.51. The summed E-state index contributed by atoms with van der Waals surface area (Å²) >= 11 is 0. The van der Waals surface area contributed by atoms with Crippen LogP contribution in [0.1, 0.15) is 22.9 Å². The van der Waals surface area contributed by atoms with Crippen LogP contribution in [0.15, 0.2) is 64.7 Å². The number of phenols is 1. The Morgan fingerprint density at radius 1 is 1.13 bits per heavy atom. The highest BCUT2D eigenvalue weighted by Gasteiger charge is 2.48. The van der Waals surface area contributed by atoms with Gasteiger partial charge in [-0.25, -0.2) is 0 Å². The van der Waals surface area contributed by atoms with Gasteiger partial charge in [0.15, 0.2) is 5.82 Å². The molecule has 30 heavy (non-hydrogen) atoms. The number of amides is 1. The number of nitrogens with zero attached hydrogens (tertiary/aromatic N) is 2. The molecule has 1 aliphatic rings. The number of carbonyl (C=O) groups excluding carboxylic acids is 2.